The van der Waals surface area contributed by atoms with Crippen LogP contribution in [0.25, 0.3) is 5.65 Å². The van der Waals surface area contributed by atoms with E-state index in [1.165, 1.54) is 10.5 Å². The summed E-state index contributed by atoms with van der Waals surface area (Å²) in [6.45, 7) is 2.11. The van der Waals surface area contributed by atoms with Gasteiger partial charge in [-0.2, -0.15) is 0 Å². The largest absolute Gasteiger partial charge is 0.326 e. The normalized spacial score (nSPS) is 22.1. The first-order valence-corrected chi connectivity index (χ1v) is 7.17. The van der Waals surface area contributed by atoms with Crippen LogP contribution in [0, 0.1) is 6.92 Å². The molecule has 0 saturated carbocycles. The van der Waals surface area contributed by atoms with E-state index in [-0.39, 0.29) is 25.1 Å². The molecule has 0 aromatic carbocycles. The van der Waals surface area contributed by atoms with Crippen LogP contribution in [0.3, 0.4) is 0 Å². The Morgan fingerprint density at radius 1 is 1.45 bits per heavy atom. The Morgan fingerprint density at radius 2 is 2.23 bits per heavy atom. The topological polar surface area (TPSA) is 63.6 Å². The van der Waals surface area contributed by atoms with Crippen LogP contribution in [0.5, 0.6) is 0 Å². The third kappa shape index (κ3) is 3.15. The summed E-state index contributed by atoms with van der Waals surface area (Å²) in [5.41, 5.74) is 7.42. The fourth-order valence-electron chi connectivity index (χ4n) is 2.92. The second kappa shape index (κ2) is 5.40. The average Bonchev–Trinajstić information content (AvgIpc) is 2.37. The van der Waals surface area contributed by atoms with Gasteiger partial charge in [0.05, 0.1) is 12.2 Å². The van der Waals surface area contributed by atoms with Gasteiger partial charge in [0, 0.05) is 37.8 Å². The predicted molar refractivity (Wildman–Crippen MR) is 79.0 cm³/mol. The molecule has 1 fully saturated rings. The number of nitrogens with two attached hydrogens (primary N) is 1. The molecule has 2 aromatic heterocycles. The lowest BCUT2D eigenvalue weighted by atomic mass is 10.0. The van der Waals surface area contributed by atoms with E-state index in [1.54, 1.807) is 17.2 Å². The molecule has 1 saturated heterocycles. The zero-order valence-electron chi connectivity index (χ0n) is 12.3. The standard InChI is InChI=1S/C15H18F2N4O/c1-10-2-3-13-19-12(4-14(22)21(13)6-10)8-20-7-11(18)5-15(16,17)9-20/h2-4,6,11H,5,7-9,18H2,1H3. The maximum absolute atomic E-state index is 13.6. The first-order valence-electron chi connectivity index (χ1n) is 7.17. The number of aryl methyl sites for hydroxylation is 1. The van der Waals surface area contributed by atoms with Crippen LogP contribution in [0.4, 0.5) is 8.78 Å². The van der Waals surface area contributed by atoms with Crippen molar-refractivity contribution >= 4 is 5.65 Å². The van der Waals surface area contributed by atoms with Crippen LogP contribution in [0.15, 0.2) is 29.2 Å². The van der Waals surface area contributed by atoms with E-state index in [2.05, 4.69) is 4.98 Å². The summed E-state index contributed by atoms with van der Waals surface area (Å²) in [5, 5.41) is 0. The quantitative estimate of drug-likeness (QED) is 0.904. The molecule has 0 radical (unpaired) electrons. The van der Waals surface area contributed by atoms with E-state index in [0.717, 1.165) is 5.56 Å². The number of piperidine rings is 1. The van der Waals surface area contributed by atoms with Gasteiger partial charge in [0.1, 0.15) is 5.65 Å². The summed E-state index contributed by atoms with van der Waals surface area (Å²) < 4.78 is 28.6. The maximum Gasteiger partial charge on any atom is 0.262 e. The second-order valence-corrected chi connectivity index (χ2v) is 6.01. The van der Waals surface area contributed by atoms with E-state index in [0.29, 0.717) is 17.9 Å². The minimum atomic E-state index is -2.79. The van der Waals surface area contributed by atoms with Gasteiger partial charge in [-0.3, -0.25) is 14.1 Å². The van der Waals surface area contributed by atoms with Gasteiger partial charge < -0.3 is 5.73 Å². The Labute approximate surface area is 126 Å². The van der Waals surface area contributed by atoms with Gasteiger partial charge in [-0.15, -0.1) is 0 Å². The third-order valence-electron chi connectivity index (χ3n) is 3.75. The van der Waals surface area contributed by atoms with E-state index >= 15 is 0 Å². The van der Waals surface area contributed by atoms with E-state index in [9.17, 15) is 13.6 Å². The molecule has 2 N–H and O–H groups in total. The molecule has 3 rings (SSSR count). The zero-order chi connectivity index (χ0) is 15.9. The predicted octanol–water partition coefficient (Wildman–Crippen LogP) is 1.17. The number of aromatic nitrogens is 2. The molecule has 1 atom stereocenters. The lowest BCUT2D eigenvalue weighted by Crippen LogP contribution is -2.52. The molecule has 22 heavy (non-hydrogen) atoms. The van der Waals surface area contributed by atoms with Crippen LogP contribution in [-0.2, 0) is 6.54 Å². The van der Waals surface area contributed by atoms with Gasteiger partial charge in [-0.1, -0.05) is 6.07 Å². The van der Waals surface area contributed by atoms with Crippen molar-refractivity contribution in [2.75, 3.05) is 13.1 Å². The fourth-order valence-corrected chi connectivity index (χ4v) is 2.92. The first-order chi connectivity index (χ1) is 10.3. The Balaban J connectivity index is 1.88. The maximum atomic E-state index is 13.6. The fraction of sp³-hybridized carbons (Fsp3) is 0.467. The van der Waals surface area contributed by atoms with Crippen LogP contribution >= 0.6 is 0 Å². The van der Waals surface area contributed by atoms with Gasteiger partial charge in [0.2, 0.25) is 0 Å². The molecule has 0 amide bonds. The number of likely N-dealkylation sites (tertiary alicyclic amines) is 1. The minimum Gasteiger partial charge on any atom is -0.326 e. The molecule has 0 aliphatic carbocycles. The van der Waals surface area contributed by atoms with Gasteiger partial charge in [-0.25, -0.2) is 13.8 Å². The number of alkyl halides is 2. The highest BCUT2D eigenvalue weighted by molar-refractivity contribution is 5.39. The average molecular weight is 308 g/mol. The van der Waals surface area contributed by atoms with Crippen LogP contribution in [0.2, 0.25) is 0 Å². The molecule has 7 heteroatoms. The van der Waals surface area contributed by atoms with Crippen LogP contribution in [0.1, 0.15) is 17.7 Å². The van der Waals surface area contributed by atoms with Crippen molar-refractivity contribution in [3.63, 3.8) is 0 Å². The second-order valence-electron chi connectivity index (χ2n) is 6.01. The Kier molecular flexibility index (Phi) is 3.70. The van der Waals surface area contributed by atoms with Gasteiger partial charge >= 0.3 is 0 Å². The zero-order valence-corrected chi connectivity index (χ0v) is 12.3. The molecular formula is C15H18F2N4O. The van der Waals surface area contributed by atoms with E-state index in [1.807, 2.05) is 13.0 Å². The van der Waals surface area contributed by atoms with E-state index in [4.69, 9.17) is 5.73 Å². The highest BCUT2D eigenvalue weighted by atomic mass is 19.3. The van der Waals surface area contributed by atoms with Crippen LogP contribution < -0.4 is 11.3 Å². The molecule has 1 unspecified atom stereocenters. The molecule has 118 valence electrons. The number of pyridine rings is 1. The molecular weight excluding hydrogens is 290 g/mol. The molecule has 1 aliphatic rings. The summed E-state index contributed by atoms with van der Waals surface area (Å²) in [6.07, 6.45) is 1.41. The number of rotatable bonds is 2. The molecule has 0 spiro atoms. The third-order valence-corrected chi connectivity index (χ3v) is 3.75. The highest BCUT2D eigenvalue weighted by Crippen LogP contribution is 2.26. The van der Waals surface area contributed by atoms with Crippen molar-refractivity contribution in [2.45, 2.75) is 31.9 Å². The number of hydrogen-bond donors (Lipinski definition) is 1. The van der Waals surface area contributed by atoms with Crippen molar-refractivity contribution < 1.29 is 8.78 Å². The van der Waals surface area contributed by atoms with Crippen molar-refractivity contribution in [1.82, 2.24) is 14.3 Å². The van der Waals surface area contributed by atoms with E-state index < -0.39 is 12.0 Å². The molecule has 1 aliphatic heterocycles. The van der Waals surface area contributed by atoms with Gasteiger partial charge in [0.15, 0.2) is 0 Å². The monoisotopic (exact) mass is 308 g/mol. The number of hydrogen-bond acceptors (Lipinski definition) is 4. The molecule has 2 aromatic rings. The summed E-state index contributed by atoms with van der Waals surface area (Å²) in [6, 6.07) is 4.44. The Morgan fingerprint density at radius 3 is 2.95 bits per heavy atom. The lowest BCUT2D eigenvalue weighted by Gasteiger charge is -2.35. The van der Waals surface area contributed by atoms with Crippen molar-refractivity contribution in [2.24, 2.45) is 5.73 Å². The smallest absolute Gasteiger partial charge is 0.262 e. The molecule has 0 bridgehead atoms. The summed E-state index contributed by atoms with van der Waals surface area (Å²) in [7, 11) is 0. The highest BCUT2D eigenvalue weighted by Gasteiger charge is 2.38. The van der Waals surface area contributed by atoms with Crippen molar-refractivity contribution in [1.29, 1.82) is 0 Å². The summed E-state index contributed by atoms with van der Waals surface area (Å²) in [5.74, 6) is -2.79. The lowest BCUT2D eigenvalue weighted by molar-refractivity contribution is -0.0728. The van der Waals surface area contributed by atoms with Crippen LogP contribution in [-0.4, -0.2) is 39.3 Å². The van der Waals surface area contributed by atoms with Gasteiger partial charge in [0.25, 0.3) is 11.5 Å². The SMILES string of the molecule is Cc1ccc2nc(CN3CC(N)CC(F)(F)C3)cc(=O)n2c1. The number of fused-ring (bicyclic) bond motifs is 1. The van der Waals surface area contributed by atoms with Crippen molar-refractivity contribution in [3.05, 3.63) is 46.0 Å². The Bertz CT molecular complexity index is 759. The number of halogens is 2. The molecule has 5 nitrogen and oxygen atoms in total. The number of nitrogens with zero attached hydrogens (tertiary/aromatic N) is 3. The Hall–Kier alpha value is -1.86. The first kappa shape index (κ1) is 15.1. The summed E-state index contributed by atoms with van der Waals surface area (Å²) in [4.78, 5) is 18.1. The summed E-state index contributed by atoms with van der Waals surface area (Å²) >= 11 is 0. The molecule has 3 heterocycles. The minimum absolute atomic E-state index is 0.197. The van der Waals surface area contributed by atoms with Crippen molar-refractivity contribution in [3.8, 4) is 0 Å². The van der Waals surface area contributed by atoms with Gasteiger partial charge in [-0.05, 0) is 18.6 Å².